The van der Waals surface area contributed by atoms with Crippen LogP contribution in [-0.4, -0.2) is 42.7 Å². The monoisotopic (exact) mass is 257 g/mol. The molecule has 1 aromatic rings. The number of thiazole rings is 1. The van der Waals surface area contributed by atoms with Crippen molar-refractivity contribution < 1.29 is 4.74 Å². The first-order chi connectivity index (χ1) is 8.17. The molecule has 1 N–H and O–H groups in total. The van der Waals surface area contributed by atoms with Gasteiger partial charge in [-0.2, -0.15) is 0 Å². The Labute approximate surface area is 108 Å². The number of nitrogens with one attached hydrogen (secondary N) is 1. The van der Waals surface area contributed by atoms with Gasteiger partial charge in [0.05, 0.1) is 6.61 Å². The molecule has 1 heterocycles. The summed E-state index contributed by atoms with van der Waals surface area (Å²) in [5.41, 5.74) is 0. The molecule has 0 unspecified atom stereocenters. The third-order valence-corrected chi connectivity index (χ3v) is 3.49. The summed E-state index contributed by atoms with van der Waals surface area (Å²) < 4.78 is 5.14. The molecule has 0 radical (unpaired) electrons. The molecule has 1 rings (SSSR count). The number of nitrogens with zero attached hydrogens (tertiary/aromatic N) is 2. The van der Waals surface area contributed by atoms with E-state index in [1.807, 2.05) is 6.20 Å². The van der Waals surface area contributed by atoms with Crippen molar-refractivity contribution in [3.05, 3.63) is 11.1 Å². The summed E-state index contributed by atoms with van der Waals surface area (Å²) in [6.45, 7) is 10.1. The first kappa shape index (κ1) is 14.4. The van der Waals surface area contributed by atoms with Gasteiger partial charge in [-0.1, -0.05) is 0 Å². The highest BCUT2D eigenvalue weighted by Crippen LogP contribution is 2.20. The molecule has 0 atom stereocenters. The van der Waals surface area contributed by atoms with Crippen LogP contribution in [0.3, 0.4) is 0 Å². The van der Waals surface area contributed by atoms with Crippen LogP contribution in [0, 0.1) is 0 Å². The van der Waals surface area contributed by atoms with Crippen molar-refractivity contribution >= 4 is 16.5 Å². The topological polar surface area (TPSA) is 37.4 Å². The van der Waals surface area contributed by atoms with E-state index in [9.17, 15) is 0 Å². The smallest absolute Gasteiger partial charge is 0.182 e. The fourth-order valence-corrected chi connectivity index (χ4v) is 2.45. The Hall–Kier alpha value is -0.650. The van der Waals surface area contributed by atoms with Gasteiger partial charge in [0.25, 0.3) is 0 Å². The Bertz CT molecular complexity index is 314. The van der Waals surface area contributed by atoms with Crippen LogP contribution in [-0.2, 0) is 11.3 Å². The molecule has 0 aliphatic rings. The second kappa shape index (κ2) is 7.63. The van der Waals surface area contributed by atoms with Gasteiger partial charge in [-0.25, -0.2) is 4.98 Å². The molecular formula is C12H23N3OS. The normalized spacial score (nSPS) is 11.4. The lowest BCUT2D eigenvalue weighted by atomic mass is 10.3. The van der Waals surface area contributed by atoms with Gasteiger partial charge in [0.1, 0.15) is 0 Å². The highest BCUT2D eigenvalue weighted by atomic mass is 32.1. The van der Waals surface area contributed by atoms with Crippen molar-refractivity contribution in [3.63, 3.8) is 0 Å². The van der Waals surface area contributed by atoms with Gasteiger partial charge < -0.3 is 10.1 Å². The molecule has 0 saturated heterocycles. The van der Waals surface area contributed by atoms with Crippen LogP contribution in [0.4, 0.5) is 5.13 Å². The molecule has 0 aliphatic carbocycles. The van der Waals surface area contributed by atoms with E-state index in [0.29, 0.717) is 6.04 Å². The summed E-state index contributed by atoms with van der Waals surface area (Å²) in [5.74, 6) is 0. The molecule has 5 heteroatoms. The molecule has 0 fully saturated rings. The number of rotatable bonds is 8. The standard InChI is InChI=1S/C12H23N3OS/c1-5-13-12-14-8-11(17-12)9-15(10(2)3)6-7-16-4/h8,10H,5-7,9H2,1-4H3,(H,13,14). The fourth-order valence-electron chi connectivity index (χ4n) is 1.54. The van der Waals surface area contributed by atoms with Gasteiger partial charge in [-0.05, 0) is 20.8 Å². The molecule has 1 aromatic heterocycles. The van der Waals surface area contributed by atoms with Crippen molar-refractivity contribution in [2.45, 2.75) is 33.4 Å². The lowest BCUT2D eigenvalue weighted by Crippen LogP contribution is -2.32. The van der Waals surface area contributed by atoms with Crippen LogP contribution in [0.1, 0.15) is 25.6 Å². The number of ether oxygens (including phenoxy) is 1. The molecule has 0 spiro atoms. The molecule has 0 aliphatic heterocycles. The summed E-state index contributed by atoms with van der Waals surface area (Å²) in [4.78, 5) is 8.04. The van der Waals surface area contributed by atoms with Crippen LogP contribution < -0.4 is 5.32 Å². The quantitative estimate of drug-likeness (QED) is 0.776. The maximum Gasteiger partial charge on any atom is 0.182 e. The third kappa shape index (κ3) is 5.02. The number of anilines is 1. The van der Waals surface area contributed by atoms with Crippen molar-refractivity contribution in [1.29, 1.82) is 0 Å². The lowest BCUT2D eigenvalue weighted by Gasteiger charge is -2.25. The van der Waals surface area contributed by atoms with Gasteiger partial charge in [0.2, 0.25) is 0 Å². The minimum Gasteiger partial charge on any atom is -0.383 e. The third-order valence-electron chi connectivity index (χ3n) is 2.55. The van der Waals surface area contributed by atoms with Crippen molar-refractivity contribution in [2.75, 3.05) is 32.1 Å². The van der Waals surface area contributed by atoms with Crippen molar-refractivity contribution in [1.82, 2.24) is 9.88 Å². The molecule has 4 nitrogen and oxygen atoms in total. The molecule has 17 heavy (non-hydrogen) atoms. The first-order valence-corrected chi connectivity index (χ1v) is 6.90. The summed E-state index contributed by atoms with van der Waals surface area (Å²) in [6, 6.07) is 0.523. The molecule has 0 saturated carbocycles. The largest absolute Gasteiger partial charge is 0.383 e. The van der Waals surface area contributed by atoms with Crippen molar-refractivity contribution in [3.8, 4) is 0 Å². The number of aromatic nitrogens is 1. The zero-order chi connectivity index (χ0) is 12.7. The summed E-state index contributed by atoms with van der Waals surface area (Å²) >= 11 is 1.73. The second-order valence-corrected chi connectivity index (χ2v) is 5.33. The Morgan fingerprint density at radius 1 is 1.53 bits per heavy atom. The minimum atomic E-state index is 0.523. The highest BCUT2D eigenvalue weighted by molar-refractivity contribution is 7.15. The predicted molar refractivity (Wildman–Crippen MR) is 73.7 cm³/mol. The van der Waals surface area contributed by atoms with E-state index in [4.69, 9.17) is 4.74 Å². The zero-order valence-corrected chi connectivity index (χ0v) is 12.0. The SMILES string of the molecule is CCNc1ncc(CN(CCOC)C(C)C)s1. The molecule has 98 valence electrons. The number of methoxy groups -OCH3 is 1. The Balaban J connectivity index is 2.52. The van der Waals surface area contributed by atoms with E-state index in [1.54, 1.807) is 18.4 Å². The van der Waals surface area contributed by atoms with E-state index in [2.05, 4.69) is 36.0 Å². The van der Waals surface area contributed by atoms with E-state index in [1.165, 1.54) is 4.88 Å². The Morgan fingerprint density at radius 2 is 2.29 bits per heavy atom. The van der Waals surface area contributed by atoms with Gasteiger partial charge in [-0.3, -0.25) is 4.90 Å². The Kier molecular flexibility index (Phi) is 6.47. The van der Waals surface area contributed by atoms with E-state index < -0.39 is 0 Å². The molecular weight excluding hydrogens is 234 g/mol. The van der Waals surface area contributed by atoms with E-state index in [-0.39, 0.29) is 0 Å². The van der Waals surface area contributed by atoms with Gasteiger partial charge in [0.15, 0.2) is 5.13 Å². The molecule has 0 amide bonds. The van der Waals surface area contributed by atoms with Crippen LogP contribution in [0.2, 0.25) is 0 Å². The van der Waals surface area contributed by atoms with Crippen LogP contribution in [0.5, 0.6) is 0 Å². The maximum absolute atomic E-state index is 5.14. The van der Waals surface area contributed by atoms with Crippen molar-refractivity contribution in [2.24, 2.45) is 0 Å². The van der Waals surface area contributed by atoms with E-state index in [0.717, 1.165) is 31.4 Å². The number of hydrogen-bond acceptors (Lipinski definition) is 5. The Morgan fingerprint density at radius 3 is 2.88 bits per heavy atom. The minimum absolute atomic E-state index is 0.523. The lowest BCUT2D eigenvalue weighted by molar-refractivity contribution is 0.125. The average Bonchev–Trinajstić information content (AvgIpc) is 2.72. The molecule has 0 aromatic carbocycles. The second-order valence-electron chi connectivity index (χ2n) is 4.22. The summed E-state index contributed by atoms with van der Waals surface area (Å²) in [5, 5.41) is 4.25. The van der Waals surface area contributed by atoms with E-state index >= 15 is 0 Å². The maximum atomic E-state index is 5.14. The van der Waals surface area contributed by atoms with Crippen LogP contribution in [0.25, 0.3) is 0 Å². The predicted octanol–water partition coefficient (Wildman–Crippen LogP) is 2.43. The highest BCUT2D eigenvalue weighted by Gasteiger charge is 2.11. The summed E-state index contributed by atoms with van der Waals surface area (Å²) in [6.07, 6.45) is 1.96. The zero-order valence-electron chi connectivity index (χ0n) is 11.2. The number of hydrogen-bond donors (Lipinski definition) is 1. The van der Waals surface area contributed by atoms with Gasteiger partial charge in [-0.15, -0.1) is 11.3 Å². The van der Waals surface area contributed by atoms with Crippen LogP contribution >= 0.6 is 11.3 Å². The average molecular weight is 257 g/mol. The van der Waals surface area contributed by atoms with Gasteiger partial charge in [0, 0.05) is 43.9 Å². The molecule has 0 bridgehead atoms. The van der Waals surface area contributed by atoms with Crippen LogP contribution in [0.15, 0.2) is 6.20 Å². The fraction of sp³-hybridized carbons (Fsp3) is 0.750. The van der Waals surface area contributed by atoms with Gasteiger partial charge >= 0.3 is 0 Å². The first-order valence-electron chi connectivity index (χ1n) is 6.09. The summed E-state index contributed by atoms with van der Waals surface area (Å²) in [7, 11) is 1.74.